The second kappa shape index (κ2) is 10.8. The molecule has 0 spiro atoms. The van der Waals surface area contributed by atoms with Crippen LogP contribution in [0.1, 0.15) is 39.0 Å². The number of ether oxygens (including phenoxy) is 1. The van der Waals surface area contributed by atoms with Crippen molar-refractivity contribution in [2.24, 2.45) is 0 Å². The second-order valence-electron chi connectivity index (χ2n) is 8.20. The molecule has 2 heterocycles. The average Bonchev–Trinajstić information content (AvgIpc) is 2.87. The molecule has 2 aromatic heterocycles. The first-order chi connectivity index (χ1) is 17.7. The van der Waals surface area contributed by atoms with E-state index in [1.54, 1.807) is 26.0 Å². The first kappa shape index (κ1) is 25.2. The van der Waals surface area contributed by atoms with E-state index in [-0.39, 0.29) is 40.0 Å². The predicted molar refractivity (Wildman–Crippen MR) is 136 cm³/mol. The monoisotopic (exact) mass is 501 g/mol. The van der Waals surface area contributed by atoms with E-state index in [1.165, 1.54) is 36.5 Å². The van der Waals surface area contributed by atoms with E-state index in [0.717, 1.165) is 16.3 Å². The second-order valence-corrected chi connectivity index (χ2v) is 8.20. The lowest BCUT2D eigenvalue weighted by atomic mass is 10.2. The molecule has 2 aromatic carbocycles. The van der Waals surface area contributed by atoms with Gasteiger partial charge in [0.2, 0.25) is 0 Å². The number of carbonyl (C=O) groups is 2. The number of aryl methyl sites for hydroxylation is 2. The Bertz CT molecular complexity index is 1530. The molecule has 9 nitrogen and oxygen atoms in total. The summed E-state index contributed by atoms with van der Waals surface area (Å²) < 4.78 is 21.5. The smallest absolute Gasteiger partial charge is 0.276 e. The minimum Gasteiger partial charge on any atom is -0.454 e. The molecule has 37 heavy (non-hydrogen) atoms. The fraction of sp³-hybridized carbons (Fsp3) is 0.148. The lowest BCUT2D eigenvalue weighted by molar-refractivity contribution is 0.0949. The fourth-order valence-corrected chi connectivity index (χ4v) is 3.47. The first-order valence-corrected chi connectivity index (χ1v) is 11.5. The third-order valence-corrected chi connectivity index (χ3v) is 5.33. The van der Waals surface area contributed by atoms with Crippen molar-refractivity contribution < 1.29 is 18.7 Å². The van der Waals surface area contributed by atoms with Crippen LogP contribution in [0.25, 0.3) is 5.69 Å². The van der Waals surface area contributed by atoms with Crippen molar-refractivity contribution in [2.45, 2.75) is 20.8 Å². The highest BCUT2D eigenvalue weighted by molar-refractivity contribution is 6.03. The zero-order chi connectivity index (χ0) is 26.5. The van der Waals surface area contributed by atoms with E-state index in [9.17, 15) is 18.8 Å². The summed E-state index contributed by atoms with van der Waals surface area (Å²) in [6.45, 7) is 5.75. The topological polar surface area (TPSA) is 115 Å². The molecule has 188 valence electrons. The molecule has 0 saturated heterocycles. The first-order valence-electron chi connectivity index (χ1n) is 11.5. The van der Waals surface area contributed by atoms with Crippen LogP contribution in [-0.2, 0) is 0 Å². The zero-order valence-corrected chi connectivity index (χ0v) is 20.4. The van der Waals surface area contributed by atoms with Gasteiger partial charge in [-0.2, -0.15) is 9.78 Å². The normalized spacial score (nSPS) is 10.6. The van der Waals surface area contributed by atoms with E-state index >= 15 is 0 Å². The van der Waals surface area contributed by atoms with Crippen molar-refractivity contribution in [1.82, 2.24) is 20.1 Å². The largest absolute Gasteiger partial charge is 0.454 e. The molecule has 0 unspecified atom stereocenters. The standard InChI is InChI=1S/C27H24FN5O4/c1-4-29-26(35)22-15-20(11-12-30-22)37-23-10-7-18(14-21(23)28)31-27(36)25-17(3)13-24(34)33(32-25)19-8-5-16(2)6-9-19/h5-15H,4H2,1-3H3,(H,29,35)(H,31,36). The number of aromatic nitrogens is 3. The molecule has 4 rings (SSSR count). The lowest BCUT2D eigenvalue weighted by Crippen LogP contribution is -2.26. The zero-order valence-electron chi connectivity index (χ0n) is 20.4. The molecule has 2 N–H and O–H groups in total. The van der Waals surface area contributed by atoms with Gasteiger partial charge in [-0.05, 0) is 56.7 Å². The fourth-order valence-electron chi connectivity index (χ4n) is 3.47. The number of amides is 2. The summed E-state index contributed by atoms with van der Waals surface area (Å²) in [5, 5.41) is 9.47. The summed E-state index contributed by atoms with van der Waals surface area (Å²) in [6, 6.07) is 15.3. The Hall–Kier alpha value is -4.86. The van der Waals surface area contributed by atoms with Crippen molar-refractivity contribution >= 4 is 17.5 Å². The molecule has 0 atom stereocenters. The number of nitrogens with one attached hydrogen (secondary N) is 2. The molecule has 0 radical (unpaired) electrons. The number of pyridine rings is 1. The molecule has 0 aliphatic rings. The van der Waals surface area contributed by atoms with Crippen LogP contribution in [0.2, 0.25) is 0 Å². The molecule has 0 bridgehead atoms. The Labute approximate surface area is 211 Å². The number of carbonyl (C=O) groups excluding carboxylic acids is 2. The minimum absolute atomic E-state index is 0.0237. The summed E-state index contributed by atoms with van der Waals surface area (Å²) in [4.78, 5) is 41.3. The Kier molecular flexibility index (Phi) is 7.38. The highest BCUT2D eigenvalue weighted by atomic mass is 19.1. The molecule has 4 aromatic rings. The Balaban J connectivity index is 1.53. The molecule has 0 fully saturated rings. The predicted octanol–water partition coefficient (Wildman–Crippen LogP) is 4.18. The summed E-state index contributed by atoms with van der Waals surface area (Å²) in [5.41, 5.74) is 1.87. The highest BCUT2D eigenvalue weighted by Gasteiger charge is 2.17. The Morgan fingerprint density at radius 1 is 1.00 bits per heavy atom. The number of halogens is 1. The summed E-state index contributed by atoms with van der Waals surface area (Å²) in [7, 11) is 0. The summed E-state index contributed by atoms with van der Waals surface area (Å²) in [5.74, 6) is -1.59. The van der Waals surface area contributed by atoms with Gasteiger partial charge in [-0.15, -0.1) is 0 Å². The van der Waals surface area contributed by atoms with Gasteiger partial charge in [0, 0.05) is 36.6 Å². The van der Waals surface area contributed by atoms with Crippen LogP contribution < -0.4 is 20.9 Å². The van der Waals surface area contributed by atoms with E-state index in [2.05, 4.69) is 20.7 Å². The third-order valence-electron chi connectivity index (χ3n) is 5.33. The SMILES string of the molecule is CCNC(=O)c1cc(Oc2ccc(NC(=O)c3nn(-c4ccc(C)cc4)c(=O)cc3C)cc2F)ccn1. The maximum atomic E-state index is 14.8. The number of benzene rings is 2. The van der Waals surface area contributed by atoms with Gasteiger partial charge in [-0.3, -0.25) is 19.4 Å². The van der Waals surface area contributed by atoms with Crippen molar-refractivity contribution in [3.05, 3.63) is 106 Å². The van der Waals surface area contributed by atoms with Gasteiger partial charge < -0.3 is 15.4 Å². The number of anilines is 1. The maximum absolute atomic E-state index is 14.8. The van der Waals surface area contributed by atoms with Gasteiger partial charge in [0.1, 0.15) is 11.4 Å². The van der Waals surface area contributed by atoms with E-state index in [4.69, 9.17) is 4.74 Å². The molecule has 10 heteroatoms. The average molecular weight is 502 g/mol. The Morgan fingerprint density at radius 2 is 1.76 bits per heavy atom. The molecular formula is C27H24FN5O4. The molecule has 0 aliphatic heterocycles. The van der Waals surface area contributed by atoms with Crippen LogP contribution in [0.15, 0.2) is 71.7 Å². The van der Waals surface area contributed by atoms with Crippen molar-refractivity contribution in [3.8, 4) is 17.2 Å². The van der Waals surface area contributed by atoms with Gasteiger partial charge in [0.15, 0.2) is 17.3 Å². The van der Waals surface area contributed by atoms with Crippen LogP contribution in [-0.4, -0.2) is 33.1 Å². The summed E-state index contributed by atoms with van der Waals surface area (Å²) in [6.07, 6.45) is 1.39. The number of nitrogens with zero attached hydrogens (tertiary/aromatic N) is 3. The molecular weight excluding hydrogens is 477 g/mol. The highest BCUT2D eigenvalue weighted by Crippen LogP contribution is 2.27. The maximum Gasteiger partial charge on any atom is 0.276 e. The minimum atomic E-state index is -0.733. The molecule has 0 saturated carbocycles. The number of rotatable bonds is 7. The van der Waals surface area contributed by atoms with Gasteiger partial charge in [0.05, 0.1) is 5.69 Å². The van der Waals surface area contributed by atoms with Crippen molar-refractivity contribution in [2.75, 3.05) is 11.9 Å². The van der Waals surface area contributed by atoms with Gasteiger partial charge in [0.25, 0.3) is 17.4 Å². The quantitative estimate of drug-likeness (QED) is 0.393. The summed E-state index contributed by atoms with van der Waals surface area (Å²) >= 11 is 0. The van der Waals surface area contributed by atoms with Crippen molar-refractivity contribution in [1.29, 1.82) is 0 Å². The third kappa shape index (κ3) is 5.87. The number of hydrogen-bond acceptors (Lipinski definition) is 6. The van der Waals surface area contributed by atoms with E-state index < -0.39 is 11.7 Å². The van der Waals surface area contributed by atoms with Gasteiger partial charge >= 0.3 is 0 Å². The van der Waals surface area contributed by atoms with Gasteiger partial charge in [-0.25, -0.2) is 4.39 Å². The number of hydrogen-bond donors (Lipinski definition) is 2. The van der Waals surface area contributed by atoms with Crippen LogP contribution in [0.3, 0.4) is 0 Å². The van der Waals surface area contributed by atoms with Crippen LogP contribution in [0.5, 0.6) is 11.5 Å². The van der Waals surface area contributed by atoms with Crippen LogP contribution in [0.4, 0.5) is 10.1 Å². The molecule has 2 amide bonds. The molecule has 0 aliphatic carbocycles. The van der Waals surface area contributed by atoms with Crippen LogP contribution >= 0.6 is 0 Å². The van der Waals surface area contributed by atoms with E-state index in [1.807, 2.05) is 19.1 Å². The van der Waals surface area contributed by atoms with E-state index in [0.29, 0.717) is 17.8 Å². The van der Waals surface area contributed by atoms with Gasteiger partial charge in [-0.1, -0.05) is 17.7 Å². The Morgan fingerprint density at radius 3 is 2.46 bits per heavy atom. The lowest BCUT2D eigenvalue weighted by Gasteiger charge is -2.12. The van der Waals surface area contributed by atoms with Crippen molar-refractivity contribution in [3.63, 3.8) is 0 Å². The van der Waals surface area contributed by atoms with Crippen LogP contribution in [0, 0.1) is 19.7 Å².